The Labute approximate surface area is 150 Å². The maximum atomic E-state index is 12.4. The van der Waals surface area contributed by atoms with Gasteiger partial charge in [0.2, 0.25) is 0 Å². The number of rotatable bonds is 5. The summed E-state index contributed by atoms with van der Waals surface area (Å²) in [7, 11) is 4.11. The molecule has 25 heavy (non-hydrogen) atoms. The van der Waals surface area contributed by atoms with E-state index in [-0.39, 0.29) is 11.9 Å². The van der Waals surface area contributed by atoms with Gasteiger partial charge in [0.25, 0.3) is 0 Å². The van der Waals surface area contributed by atoms with E-state index in [0.29, 0.717) is 19.0 Å². The maximum absolute atomic E-state index is 12.4. The maximum Gasteiger partial charge on any atom is 0.314 e. The molecule has 138 valence electrons. The molecule has 0 bridgehead atoms. The summed E-state index contributed by atoms with van der Waals surface area (Å²) < 4.78 is 11.1. The fourth-order valence-electron chi connectivity index (χ4n) is 2.97. The minimum Gasteiger partial charge on any atom is -0.426 e. The molecule has 0 atom stereocenters. The fourth-order valence-corrected chi connectivity index (χ4v) is 2.97. The number of nitrogens with zero attached hydrogens (tertiary/aromatic N) is 1. The number of carbonyl (C=O) groups is 1. The molecular weight excluding hydrogens is 316 g/mol. The Balaban J connectivity index is 0.00000109. The Morgan fingerprint density at radius 2 is 2.00 bits per heavy atom. The van der Waals surface area contributed by atoms with E-state index in [9.17, 15) is 4.79 Å². The summed E-state index contributed by atoms with van der Waals surface area (Å²) >= 11 is 0. The molecule has 1 saturated heterocycles. The monoisotopic (exact) mass is 346 g/mol. The molecule has 0 saturated carbocycles. The van der Waals surface area contributed by atoms with E-state index >= 15 is 0 Å². The lowest BCUT2D eigenvalue weighted by Gasteiger charge is -2.20. The van der Waals surface area contributed by atoms with Crippen molar-refractivity contribution in [2.45, 2.75) is 33.1 Å². The second kappa shape index (κ2) is 9.59. The quantitative estimate of drug-likeness (QED) is 0.663. The number of hydrogen-bond donors (Lipinski definition) is 1. The zero-order chi connectivity index (χ0) is 18.2. The highest BCUT2D eigenvalue weighted by Crippen LogP contribution is 2.30. The van der Waals surface area contributed by atoms with Crippen molar-refractivity contribution < 1.29 is 14.3 Å². The van der Waals surface area contributed by atoms with Gasteiger partial charge in [0.1, 0.15) is 5.75 Å². The van der Waals surface area contributed by atoms with Crippen LogP contribution in [0.3, 0.4) is 0 Å². The van der Waals surface area contributed by atoms with Crippen molar-refractivity contribution in [1.82, 2.24) is 9.88 Å². The first kappa shape index (κ1) is 19.5. The first-order valence-corrected chi connectivity index (χ1v) is 9.18. The Hall–Kier alpha value is -1.85. The van der Waals surface area contributed by atoms with Gasteiger partial charge in [0.05, 0.1) is 5.92 Å². The predicted molar refractivity (Wildman–Crippen MR) is 101 cm³/mol. The van der Waals surface area contributed by atoms with Crippen molar-refractivity contribution in [2.24, 2.45) is 5.92 Å². The predicted octanol–water partition coefficient (Wildman–Crippen LogP) is 3.63. The third-order valence-electron chi connectivity index (χ3n) is 4.34. The van der Waals surface area contributed by atoms with Gasteiger partial charge in [-0.2, -0.15) is 0 Å². The minimum atomic E-state index is -0.138. The van der Waals surface area contributed by atoms with Crippen LogP contribution in [-0.2, 0) is 16.0 Å². The second-order valence-corrected chi connectivity index (χ2v) is 6.35. The number of H-pyrrole nitrogens is 1. The van der Waals surface area contributed by atoms with Crippen molar-refractivity contribution in [3.63, 3.8) is 0 Å². The molecular formula is C20H30N2O3. The standard InChI is InChI=1S/C18H24N2O3.C2H6/c1-20(2)9-6-14-12-19-15-4-3-5-16(17(14)15)23-18(21)13-7-10-22-11-8-13;1-2/h3-5,12-13,19H,6-11H2,1-2H3;1-2H3. The van der Waals surface area contributed by atoms with Crippen LogP contribution in [0, 0.1) is 5.92 Å². The van der Waals surface area contributed by atoms with E-state index in [4.69, 9.17) is 9.47 Å². The summed E-state index contributed by atoms with van der Waals surface area (Å²) in [5.74, 6) is 0.470. The molecule has 1 aliphatic heterocycles. The van der Waals surface area contributed by atoms with Crippen molar-refractivity contribution in [1.29, 1.82) is 0 Å². The van der Waals surface area contributed by atoms with Gasteiger partial charge in [0, 0.05) is 36.9 Å². The van der Waals surface area contributed by atoms with E-state index in [2.05, 4.69) is 24.0 Å². The van der Waals surface area contributed by atoms with Crippen LogP contribution < -0.4 is 4.74 Å². The van der Waals surface area contributed by atoms with Crippen LogP contribution in [0.1, 0.15) is 32.3 Å². The smallest absolute Gasteiger partial charge is 0.314 e. The molecule has 2 aromatic rings. The van der Waals surface area contributed by atoms with E-state index < -0.39 is 0 Å². The van der Waals surface area contributed by atoms with E-state index in [1.807, 2.05) is 38.2 Å². The molecule has 5 nitrogen and oxygen atoms in total. The molecule has 1 N–H and O–H groups in total. The minimum absolute atomic E-state index is 0.0526. The normalized spacial score (nSPS) is 15.1. The Morgan fingerprint density at radius 3 is 2.68 bits per heavy atom. The Kier molecular flexibility index (Phi) is 7.47. The van der Waals surface area contributed by atoms with Gasteiger partial charge in [-0.15, -0.1) is 0 Å². The van der Waals surface area contributed by atoms with E-state index in [0.717, 1.165) is 36.7 Å². The number of likely N-dealkylation sites (N-methyl/N-ethyl adjacent to an activating group) is 1. The van der Waals surface area contributed by atoms with Gasteiger partial charge in [-0.1, -0.05) is 19.9 Å². The number of fused-ring (bicyclic) bond motifs is 1. The number of carbonyl (C=O) groups excluding carboxylic acids is 1. The number of nitrogens with one attached hydrogen (secondary N) is 1. The highest BCUT2D eigenvalue weighted by molar-refractivity contribution is 5.91. The molecule has 3 rings (SSSR count). The van der Waals surface area contributed by atoms with Crippen molar-refractivity contribution >= 4 is 16.9 Å². The van der Waals surface area contributed by atoms with Gasteiger partial charge in [-0.05, 0) is 51.1 Å². The van der Waals surface area contributed by atoms with Crippen LogP contribution in [-0.4, -0.2) is 49.7 Å². The molecule has 0 aliphatic carbocycles. The molecule has 5 heteroatoms. The van der Waals surface area contributed by atoms with Crippen molar-refractivity contribution in [2.75, 3.05) is 33.9 Å². The molecule has 0 amide bonds. The van der Waals surface area contributed by atoms with Crippen LogP contribution in [0.4, 0.5) is 0 Å². The van der Waals surface area contributed by atoms with Gasteiger partial charge < -0.3 is 19.4 Å². The van der Waals surface area contributed by atoms with Crippen LogP contribution in [0.25, 0.3) is 10.9 Å². The zero-order valence-electron chi connectivity index (χ0n) is 15.8. The number of aromatic nitrogens is 1. The van der Waals surface area contributed by atoms with E-state index in [1.54, 1.807) is 0 Å². The average Bonchev–Trinajstić information content (AvgIpc) is 3.06. The summed E-state index contributed by atoms with van der Waals surface area (Å²) in [6, 6.07) is 5.81. The van der Waals surface area contributed by atoms with Crippen molar-refractivity contribution in [3.05, 3.63) is 30.0 Å². The Bertz CT molecular complexity index is 673. The molecule has 0 radical (unpaired) electrons. The topological polar surface area (TPSA) is 54.6 Å². The second-order valence-electron chi connectivity index (χ2n) is 6.35. The lowest BCUT2D eigenvalue weighted by Crippen LogP contribution is -2.27. The van der Waals surface area contributed by atoms with Crippen LogP contribution in [0.15, 0.2) is 24.4 Å². The highest BCUT2D eigenvalue weighted by atomic mass is 16.5. The first-order chi connectivity index (χ1) is 12.1. The largest absolute Gasteiger partial charge is 0.426 e. The summed E-state index contributed by atoms with van der Waals surface area (Å²) in [5, 5.41) is 1.02. The van der Waals surface area contributed by atoms with Gasteiger partial charge in [-0.25, -0.2) is 0 Å². The number of aromatic amines is 1. The Morgan fingerprint density at radius 1 is 1.28 bits per heavy atom. The molecule has 1 aromatic carbocycles. The van der Waals surface area contributed by atoms with Crippen LogP contribution in [0.2, 0.25) is 0 Å². The molecule has 1 aromatic heterocycles. The molecule has 1 aliphatic rings. The number of ether oxygens (including phenoxy) is 2. The summed E-state index contributed by atoms with van der Waals surface area (Å²) in [4.78, 5) is 17.8. The zero-order valence-corrected chi connectivity index (χ0v) is 15.8. The summed E-state index contributed by atoms with van der Waals surface area (Å²) in [5.41, 5.74) is 2.19. The lowest BCUT2D eigenvalue weighted by atomic mass is 10.0. The van der Waals surface area contributed by atoms with Crippen LogP contribution >= 0.6 is 0 Å². The molecule has 0 spiro atoms. The number of hydrogen-bond acceptors (Lipinski definition) is 4. The molecule has 1 fully saturated rings. The summed E-state index contributed by atoms with van der Waals surface area (Å²) in [6.07, 6.45) is 4.42. The lowest BCUT2D eigenvalue weighted by molar-refractivity contribution is -0.141. The molecule has 2 heterocycles. The van der Waals surface area contributed by atoms with Gasteiger partial charge in [-0.3, -0.25) is 4.79 Å². The van der Waals surface area contributed by atoms with E-state index in [1.165, 1.54) is 5.56 Å². The molecule has 0 unspecified atom stereocenters. The number of esters is 1. The van der Waals surface area contributed by atoms with Gasteiger partial charge in [0.15, 0.2) is 0 Å². The van der Waals surface area contributed by atoms with Crippen molar-refractivity contribution in [3.8, 4) is 5.75 Å². The third-order valence-corrected chi connectivity index (χ3v) is 4.34. The average molecular weight is 346 g/mol. The SMILES string of the molecule is CC.CN(C)CCc1c[nH]c2cccc(OC(=O)C3CCOCC3)c12. The number of benzene rings is 1. The third kappa shape index (κ3) is 5.06. The first-order valence-electron chi connectivity index (χ1n) is 9.18. The summed E-state index contributed by atoms with van der Waals surface area (Å²) in [6.45, 7) is 6.24. The van der Waals surface area contributed by atoms with Gasteiger partial charge >= 0.3 is 5.97 Å². The highest BCUT2D eigenvalue weighted by Gasteiger charge is 2.24. The fraction of sp³-hybridized carbons (Fsp3) is 0.550. The van der Waals surface area contributed by atoms with Crippen LogP contribution in [0.5, 0.6) is 5.75 Å².